The van der Waals surface area contributed by atoms with Crippen LogP contribution in [0.1, 0.15) is 16.1 Å². The molecule has 1 amide bonds. The van der Waals surface area contributed by atoms with Gasteiger partial charge in [-0.3, -0.25) is 4.79 Å². The molecule has 1 heterocycles. The number of amides is 1. The Kier molecular flexibility index (Phi) is 3.89. The molecule has 0 saturated heterocycles. The molecule has 1 aromatic heterocycles. The maximum atomic E-state index is 11.7. The van der Waals surface area contributed by atoms with Crippen LogP contribution in [-0.4, -0.2) is 17.4 Å². The molecule has 5 heteroatoms. The second-order valence-corrected chi connectivity index (χ2v) is 4.42. The SMILES string of the molecule is Nc1c[nH]c(C(=O)NCCc2cccc(Cl)c2)c1. The molecule has 0 atom stereocenters. The summed E-state index contributed by atoms with van der Waals surface area (Å²) in [5, 5.41) is 3.52. The number of H-pyrrole nitrogens is 1. The lowest BCUT2D eigenvalue weighted by Crippen LogP contribution is -2.25. The second-order valence-electron chi connectivity index (χ2n) is 3.98. The molecule has 0 radical (unpaired) electrons. The van der Waals surface area contributed by atoms with Gasteiger partial charge in [-0.15, -0.1) is 0 Å². The zero-order valence-electron chi connectivity index (χ0n) is 9.74. The van der Waals surface area contributed by atoms with Crippen molar-refractivity contribution in [2.75, 3.05) is 12.3 Å². The molecular formula is C13H14ClN3O. The van der Waals surface area contributed by atoms with Gasteiger partial charge in [-0.25, -0.2) is 0 Å². The number of hydrogen-bond acceptors (Lipinski definition) is 2. The van der Waals surface area contributed by atoms with E-state index in [1.54, 1.807) is 12.3 Å². The first-order valence-electron chi connectivity index (χ1n) is 5.61. The average Bonchev–Trinajstić information content (AvgIpc) is 2.76. The van der Waals surface area contributed by atoms with Gasteiger partial charge >= 0.3 is 0 Å². The van der Waals surface area contributed by atoms with Crippen molar-refractivity contribution in [3.63, 3.8) is 0 Å². The van der Waals surface area contributed by atoms with Crippen molar-refractivity contribution in [2.24, 2.45) is 0 Å². The Hall–Kier alpha value is -1.94. The number of carbonyl (C=O) groups is 1. The fourth-order valence-corrected chi connectivity index (χ4v) is 1.86. The molecule has 18 heavy (non-hydrogen) atoms. The van der Waals surface area contributed by atoms with E-state index < -0.39 is 0 Å². The number of halogens is 1. The molecule has 0 aliphatic rings. The number of aromatic nitrogens is 1. The summed E-state index contributed by atoms with van der Waals surface area (Å²) in [5.41, 5.74) is 7.64. The van der Waals surface area contributed by atoms with E-state index in [-0.39, 0.29) is 5.91 Å². The van der Waals surface area contributed by atoms with Crippen molar-refractivity contribution in [1.82, 2.24) is 10.3 Å². The molecule has 4 nitrogen and oxygen atoms in total. The highest BCUT2D eigenvalue weighted by Gasteiger charge is 2.06. The molecule has 2 aromatic rings. The lowest BCUT2D eigenvalue weighted by molar-refractivity contribution is 0.0950. The maximum absolute atomic E-state index is 11.7. The van der Waals surface area contributed by atoms with Crippen LogP contribution in [0.4, 0.5) is 5.69 Å². The Bertz CT molecular complexity index is 551. The first-order valence-corrected chi connectivity index (χ1v) is 5.99. The molecule has 0 aliphatic carbocycles. The number of rotatable bonds is 4. The van der Waals surface area contributed by atoms with E-state index in [1.807, 2.05) is 24.3 Å². The van der Waals surface area contributed by atoms with Gasteiger partial charge in [0.15, 0.2) is 0 Å². The quantitative estimate of drug-likeness (QED) is 0.792. The molecule has 0 bridgehead atoms. The number of carbonyl (C=O) groups excluding carboxylic acids is 1. The van der Waals surface area contributed by atoms with E-state index in [0.29, 0.717) is 22.9 Å². The van der Waals surface area contributed by atoms with Crippen molar-refractivity contribution in [2.45, 2.75) is 6.42 Å². The number of hydrogen-bond donors (Lipinski definition) is 3. The Morgan fingerprint density at radius 3 is 2.89 bits per heavy atom. The van der Waals surface area contributed by atoms with Crippen molar-refractivity contribution in [3.05, 3.63) is 52.8 Å². The third-order valence-corrected chi connectivity index (χ3v) is 2.77. The van der Waals surface area contributed by atoms with Crippen molar-refractivity contribution >= 4 is 23.2 Å². The summed E-state index contributed by atoms with van der Waals surface area (Å²) in [7, 11) is 0. The fraction of sp³-hybridized carbons (Fsp3) is 0.154. The van der Waals surface area contributed by atoms with Crippen LogP contribution >= 0.6 is 11.6 Å². The molecule has 0 spiro atoms. The second kappa shape index (κ2) is 5.60. The summed E-state index contributed by atoms with van der Waals surface area (Å²) in [6.07, 6.45) is 2.33. The van der Waals surface area contributed by atoms with Crippen LogP contribution in [0.3, 0.4) is 0 Å². The van der Waals surface area contributed by atoms with Crippen LogP contribution in [0.2, 0.25) is 5.02 Å². The predicted octanol–water partition coefficient (Wildman–Crippen LogP) is 2.22. The van der Waals surface area contributed by atoms with Gasteiger partial charge in [-0.05, 0) is 30.2 Å². The molecule has 0 unspecified atom stereocenters. The van der Waals surface area contributed by atoms with Crippen LogP contribution < -0.4 is 11.1 Å². The largest absolute Gasteiger partial charge is 0.397 e. The normalized spacial score (nSPS) is 10.3. The van der Waals surface area contributed by atoms with E-state index in [1.165, 1.54) is 0 Å². The molecule has 1 aromatic carbocycles. The van der Waals surface area contributed by atoms with Gasteiger partial charge in [-0.1, -0.05) is 23.7 Å². The zero-order chi connectivity index (χ0) is 13.0. The standard InChI is InChI=1S/C13H14ClN3O/c14-10-3-1-2-9(6-10)4-5-16-13(18)12-7-11(15)8-17-12/h1-3,6-8,17H,4-5,15H2,(H,16,18). The summed E-state index contributed by atoms with van der Waals surface area (Å²) in [4.78, 5) is 14.5. The molecule has 94 valence electrons. The number of aromatic amines is 1. The van der Waals surface area contributed by atoms with E-state index in [4.69, 9.17) is 17.3 Å². The monoisotopic (exact) mass is 263 g/mol. The van der Waals surface area contributed by atoms with E-state index in [2.05, 4.69) is 10.3 Å². The third kappa shape index (κ3) is 3.28. The van der Waals surface area contributed by atoms with E-state index >= 15 is 0 Å². The Morgan fingerprint density at radius 2 is 2.22 bits per heavy atom. The molecule has 0 saturated carbocycles. The van der Waals surface area contributed by atoms with Gasteiger partial charge in [-0.2, -0.15) is 0 Å². The van der Waals surface area contributed by atoms with Gasteiger partial charge < -0.3 is 16.0 Å². The topological polar surface area (TPSA) is 70.9 Å². The lowest BCUT2D eigenvalue weighted by atomic mass is 10.1. The smallest absolute Gasteiger partial charge is 0.267 e. The highest BCUT2D eigenvalue weighted by Crippen LogP contribution is 2.10. The maximum Gasteiger partial charge on any atom is 0.267 e. The van der Waals surface area contributed by atoms with Gasteiger partial charge in [0, 0.05) is 23.5 Å². The summed E-state index contributed by atoms with van der Waals surface area (Å²) in [5.74, 6) is -0.159. The van der Waals surface area contributed by atoms with Crippen LogP contribution in [0.15, 0.2) is 36.5 Å². The highest BCUT2D eigenvalue weighted by molar-refractivity contribution is 6.30. The van der Waals surface area contributed by atoms with Crippen molar-refractivity contribution < 1.29 is 4.79 Å². The Labute approximate surface area is 110 Å². The van der Waals surface area contributed by atoms with E-state index in [0.717, 1.165) is 12.0 Å². The van der Waals surface area contributed by atoms with E-state index in [9.17, 15) is 4.79 Å². The predicted molar refractivity (Wildman–Crippen MR) is 72.7 cm³/mol. The number of anilines is 1. The van der Waals surface area contributed by atoms with Gasteiger partial charge in [0.25, 0.3) is 5.91 Å². The molecule has 2 rings (SSSR count). The molecule has 0 fully saturated rings. The minimum absolute atomic E-state index is 0.159. The van der Waals surface area contributed by atoms with Crippen LogP contribution in [0, 0.1) is 0 Å². The fourth-order valence-electron chi connectivity index (χ4n) is 1.65. The lowest BCUT2D eigenvalue weighted by Gasteiger charge is -2.04. The van der Waals surface area contributed by atoms with Crippen molar-refractivity contribution in [1.29, 1.82) is 0 Å². The van der Waals surface area contributed by atoms with Crippen LogP contribution in [0.5, 0.6) is 0 Å². The van der Waals surface area contributed by atoms with Crippen molar-refractivity contribution in [3.8, 4) is 0 Å². The first kappa shape index (κ1) is 12.5. The first-order chi connectivity index (χ1) is 8.65. The number of nitrogens with two attached hydrogens (primary N) is 1. The number of benzene rings is 1. The van der Waals surface area contributed by atoms with Gasteiger partial charge in [0.2, 0.25) is 0 Å². The molecule has 4 N–H and O–H groups in total. The number of nitrogens with one attached hydrogen (secondary N) is 2. The third-order valence-electron chi connectivity index (χ3n) is 2.54. The van der Waals surface area contributed by atoms with Gasteiger partial charge in [0.05, 0.1) is 0 Å². The van der Waals surface area contributed by atoms with Crippen LogP contribution in [-0.2, 0) is 6.42 Å². The zero-order valence-corrected chi connectivity index (χ0v) is 10.5. The molecule has 0 aliphatic heterocycles. The number of nitrogen functional groups attached to an aromatic ring is 1. The summed E-state index contributed by atoms with van der Waals surface area (Å²) >= 11 is 5.88. The minimum atomic E-state index is -0.159. The Balaban J connectivity index is 1.84. The summed E-state index contributed by atoms with van der Waals surface area (Å²) < 4.78 is 0. The minimum Gasteiger partial charge on any atom is -0.397 e. The highest BCUT2D eigenvalue weighted by atomic mass is 35.5. The molecular weight excluding hydrogens is 250 g/mol. The van der Waals surface area contributed by atoms with Crippen LogP contribution in [0.25, 0.3) is 0 Å². The average molecular weight is 264 g/mol. The Morgan fingerprint density at radius 1 is 1.39 bits per heavy atom. The summed E-state index contributed by atoms with van der Waals surface area (Å²) in [6.45, 7) is 0.554. The van der Waals surface area contributed by atoms with Gasteiger partial charge in [0.1, 0.15) is 5.69 Å². The summed E-state index contributed by atoms with van der Waals surface area (Å²) in [6, 6.07) is 9.19.